The van der Waals surface area contributed by atoms with Gasteiger partial charge in [0, 0.05) is 38.9 Å². The number of ether oxygens (including phenoxy) is 1. The highest BCUT2D eigenvalue weighted by Crippen LogP contribution is 2.38. The van der Waals surface area contributed by atoms with Gasteiger partial charge in [-0.05, 0) is 49.1 Å². The number of rotatable bonds is 6. The third-order valence-electron chi connectivity index (χ3n) is 6.24. The number of hydrogen-bond donors (Lipinski definition) is 1. The van der Waals surface area contributed by atoms with Gasteiger partial charge in [0.05, 0.1) is 18.8 Å². The number of anilines is 1. The summed E-state index contributed by atoms with van der Waals surface area (Å²) in [6.45, 7) is 12.0. The zero-order valence-electron chi connectivity index (χ0n) is 18.1. The molecule has 3 rings (SSSR count). The van der Waals surface area contributed by atoms with E-state index in [-0.39, 0.29) is 24.8 Å². The van der Waals surface area contributed by atoms with Crippen molar-refractivity contribution in [3.05, 3.63) is 24.4 Å². The van der Waals surface area contributed by atoms with Crippen LogP contribution in [0.5, 0.6) is 0 Å². The number of aromatic nitrogens is 1. The molecule has 2 heterocycles. The van der Waals surface area contributed by atoms with Crippen LogP contribution >= 0.6 is 0 Å². The minimum Gasteiger partial charge on any atom is -1.00 e. The Morgan fingerprint density at radius 3 is 2.28 bits per heavy atom. The molecule has 168 valence electrons. The minimum absolute atomic E-state index is 0. The zero-order valence-corrected chi connectivity index (χ0v) is 19.6. The molecule has 1 aliphatic carbocycles. The molecular formula is C22H37Cl2N3O2-2. The van der Waals surface area contributed by atoms with Gasteiger partial charge in [0.25, 0.3) is 0 Å². The van der Waals surface area contributed by atoms with Crippen LogP contribution in [0, 0.1) is 11.3 Å². The van der Waals surface area contributed by atoms with E-state index in [1.807, 2.05) is 18.3 Å². The summed E-state index contributed by atoms with van der Waals surface area (Å²) < 4.78 is 6.04. The molecule has 0 amide bonds. The van der Waals surface area contributed by atoms with Gasteiger partial charge in [-0.15, -0.1) is 0 Å². The van der Waals surface area contributed by atoms with E-state index in [1.165, 1.54) is 12.8 Å². The van der Waals surface area contributed by atoms with Crippen molar-refractivity contribution in [3.8, 4) is 0 Å². The maximum Gasteiger partial charge on any atom is 0.128 e. The highest BCUT2D eigenvalue weighted by Gasteiger charge is 2.30. The Bertz CT molecular complexity index is 555. The summed E-state index contributed by atoms with van der Waals surface area (Å²) in [7, 11) is 0. The van der Waals surface area contributed by atoms with Gasteiger partial charge >= 0.3 is 0 Å². The molecule has 1 aromatic rings. The molecular weight excluding hydrogens is 409 g/mol. The predicted octanol–water partition coefficient (Wildman–Crippen LogP) is -2.81. The topological polar surface area (TPSA) is 48.8 Å². The fraction of sp³-hybridized carbons (Fsp3) is 0.773. The van der Waals surface area contributed by atoms with Gasteiger partial charge in [-0.2, -0.15) is 0 Å². The number of aliphatic hydroxyl groups is 1. The Hall–Kier alpha value is -0.590. The number of β-amino-alcohol motifs (C(OH)–C–C–N with tert-alkyl or cyclic N) is 1. The quantitative estimate of drug-likeness (QED) is 0.512. The lowest BCUT2D eigenvalue weighted by molar-refractivity contribution is -0.0446. The molecule has 1 aromatic heterocycles. The van der Waals surface area contributed by atoms with E-state index in [9.17, 15) is 5.11 Å². The van der Waals surface area contributed by atoms with Crippen molar-refractivity contribution in [1.29, 1.82) is 0 Å². The molecule has 2 fully saturated rings. The Balaban J connectivity index is 0.00000210. The number of piperazine rings is 1. The van der Waals surface area contributed by atoms with Gasteiger partial charge < -0.3 is 39.6 Å². The first-order valence-corrected chi connectivity index (χ1v) is 10.6. The van der Waals surface area contributed by atoms with Crippen LogP contribution in [0.15, 0.2) is 24.4 Å². The number of aliphatic hydroxyl groups excluding tert-OH is 1. The van der Waals surface area contributed by atoms with Gasteiger partial charge in [0.1, 0.15) is 5.82 Å². The summed E-state index contributed by atoms with van der Waals surface area (Å²) in [5.41, 5.74) is 0.405. The van der Waals surface area contributed by atoms with Crippen LogP contribution in [-0.4, -0.2) is 66.5 Å². The van der Waals surface area contributed by atoms with Crippen LogP contribution in [0.3, 0.4) is 0 Å². The third kappa shape index (κ3) is 8.22. The summed E-state index contributed by atoms with van der Waals surface area (Å²) >= 11 is 0. The lowest BCUT2D eigenvalue weighted by Gasteiger charge is -2.38. The van der Waals surface area contributed by atoms with Gasteiger partial charge in [0.2, 0.25) is 0 Å². The van der Waals surface area contributed by atoms with E-state index in [2.05, 4.69) is 41.6 Å². The monoisotopic (exact) mass is 445 g/mol. The SMILES string of the molecule is CC(C)(C)C1CCC(OCC(O)CN2CCN(c3ccccn3)CC2)CC1.[Cl-].[Cl-]. The molecule has 1 unspecified atom stereocenters. The number of nitrogens with zero attached hydrogens (tertiary/aromatic N) is 3. The summed E-state index contributed by atoms with van der Waals surface area (Å²) in [6, 6.07) is 6.04. The summed E-state index contributed by atoms with van der Waals surface area (Å²) in [4.78, 5) is 9.08. The summed E-state index contributed by atoms with van der Waals surface area (Å²) in [5, 5.41) is 10.4. The first-order chi connectivity index (χ1) is 12.9. The molecule has 1 aliphatic heterocycles. The third-order valence-corrected chi connectivity index (χ3v) is 6.24. The molecule has 1 N–H and O–H groups in total. The molecule has 1 atom stereocenters. The number of halogens is 2. The Labute approximate surface area is 189 Å². The second-order valence-corrected chi connectivity index (χ2v) is 9.30. The van der Waals surface area contributed by atoms with Crippen molar-refractivity contribution in [2.45, 2.75) is 58.7 Å². The van der Waals surface area contributed by atoms with Crippen LogP contribution in [0.4, 0.5) is 5.82 Å². The van der Waals surface area contributed by atoms with Gasteiger partial charge in [-0.1, -0.05) is 26.8 Å². The summed E-state index contributed by atoms with van der Waals surface area (Å²) in [5.74, 6) is 1.85. The van der Waals surface area contributed by atoms with E-state index in [0.29, 0.717) is 24.7 Å². The maximum absolute atomic E-state index is 10.4. The molecule has 0 radical (unpaired) electrons. The molecule has 2 aliphatic rings. The van der Waals surface area contributed by atoms with Crippen molar-refractivity contribution in [2.75, 3.05) is 44.2 Å². The molecule has 29 heavy (non-hydrogen) atoms. The van der Waals surface area contributed by atoms with Crippen LogP contribution in [0.25, 0.3) is 0 Å². The van der Waals surface area contributed by atoms with Crippen molar-refractivity contribution < 1.29 is 34.7 Å². The molecule has 1 saturated heterocycles. The van der Waals surface area contributed by atoms with E-state index in [4.69, 9.17) is 4.74 Å². The summed E-state index contributed by atoms with van der Waals surface area (Å²) in [6.07, 6.45) is 6.55. The smallest absolute Gasteiger partial charge is 0.128 e. The van der Waals surface area contributed by atoms with Crippen molar-refractivity contribution >= 4 is 5.82 Å². The first-order valence-electron chi connectivity index (χ1n) is 10.6. The number of hydrogen-bond acceptors (Lipinski definition) is 5. The highest BCUT2D eigenvalue weighted by atomic mass is 35.5. The van der Waals surface area contributed by atoms with E-state index >= 15 is 0 Å². The van der Waals surface area contributed by atoms with Crippen molar-refractivity contribution in [2.24, 2.45) is 11.3 Å². The molecule has 1 saturated carbocycles. The van der Waals surface area contributed by atoms with Crippen molar-refractivity contribution in [1.82, 2.24) is 9.88 Å². The van der Waals surface area contributed by atoms with E-state index in [1.54, 1.807) is 0 Å². The van der Waals surface area contributed by atoms with Crippen molar-refractivity contribution in [3.63, 3.8) is 0 Å². The molecule has 0 aromatic carbocycles. The molecule has 0 bridgehead atoms. The first kappa shape index (κ1) is 26.4. The fourth-order valence-corrected chi connectivity index (χ4v) is 4.39. The van der Waals surface area contributed by atoms with Crippen LogP contribution in [0.1, 0.15) is 46.5 Å². The normalized spacial score (nSPS) is 24.3. The Morgan fingerprint density at radius 1 is 1.07 bits per heavy atom. The second kappa shape index (κ2) is 12.3. The maximum atomic E-state index is 10.4. The highest BCUT2D eigenvalue weighted by molar-refractivity contribution is 5.38. The Morgan fingerprint density at radius 2 is 1.72 bits per heavy atom. The van der Waals surface area contributed by atoms with Gasteiger partial charge in [0.15, 0.2) is 0 Å². The minimum atomic E-state index is -0.397. The molecule has 5 nitrogen and oxygen atoms in total. The predicted molar refractivity (Wildman–Crippen MR) is 110 cm³/mol. The standard InChI is InChI=1S/C22H37N3O2.2ClH/c1-22(2,3)18-7-9-20(10-8-18)27-17-19(26)16-24-12-14-25(15-13-24)21-6-4-5-11-23-21;;/h4-6,11,18-20,26H,7-10,12-17H2,1-3H3;2*1H/p-2. The van der Waals surface area contributed by atoms with Crippen LogP contribution in [-0.2, 0) is 4.74 Å². The van der Waals surface area contributed by atoms with Gasteiger partial charge in [-0.25, -0.2) is 4.98 Å². The molecule has 0 spiro atoms. The molecule has 7 heteroatoms. The van der Waals surface area contributed by atoms with E-state index < -0.39 is 6.10 Å². The average molecular weight is 446 g/mol. The Kier molecular flexibility index (Phi) is 11.2. The zero-order chi connectivity index (χ0) is 19.3. The van der Waals surface area contributed by atoms with Crippen LogP contribution < -0.4 is 29.7 Å². The lowest BCUT2D eigenvalue weighted by atomic mass is 9.72. The average Bonchev–Trinajstić information content (AvgIpc) is 2.67. The van der Waals surface area contributed by atoms with Gasteiger partial charge in [-0.3, -0.25) is 4.90 Å². The largest absolute Gasteiger partial charge is 1.00 e. The second-order valence-electron chi connectivity index (χ2n) is 9.30. The number of pyridine rings is 1. The lowest BCUT2D eigenvalue weighted by Crippen LogP contribution is -3.00. The van der Waals surface area contributed by atoms with Crippen LogP contribution in [0.2, 0.25) is 0 Å². The fourth-order valence-electron chi connectivity index (χ4n) is 4.39. The van der Waals surface area contributed by atoms with E-state index in [0.717, 1.165) is 50.8 Å².